The van der Waals surface area contributed by atoms with E-state index in [4.69, 9.17) is 0 Å². The van der Waals surface area contributed by atoms with Crippen LogP contribution in [0.25, 0.3) is 11.1 Å². The van der Waals surface area contributed by atoms with E-state index in [1.54, 1.807) is 0 Å². The van der Waals surface area contributed by atoms with E-state index < -0.39 is 0 Å². The van der Waals surface area contributed by atoms with Gasteiger partial charge in [-0.3, -0.25) is 0 Å². The van der Waals surface area contributed by atoms with Crippen molar-refractivity contribution in [3.63, 3.8) is 0 Å². The summed E-state index contributed by atoms with van der Waals surface area (Å²) in [7, 11) is 0. The van der Waals surface area contributed by atoms with Crippen molar-refractivity contribution in [2.24, 2.45) is 0 Å². The first-order valence-electron chi connectivity index (χ1n) is 10.1. The molecule has 0 aliphatic heterocycles. The number of unbranched alkanes of at least 4 members (excludes halogenated alkanes) is 2. The highest BCUT2D eigenvalue weighted by molar-refractivity contribution is 5.64. The van der Waals surface area contributed by atoms with Crippen LogP contribution in [-0.4, -0.2) is 0 Å². The minimum Gasteiger partial charge on any atom is -0.0654 e. The molecule has 3 aromatic rings. The molecule has 0 heteroatoms. The number of aryl methyl sites for hydroxylation is 2. The zero-order valence-electron chi connectivity index (χ0n) is 16.5. The largest absolute Gasteiger partial charge is 0.0654 e. The van der Waals surface area contributed by atoms with Crippen molar-refractivity contribution < 1.29 is 0 Å². The Morgan fingerprint density at radius 1 is 0.556 bits per heavy atom. The predicted molar refractivity (Wildman–Crippen MR) is 117 cm³/mol. The van der Waals surface area contributed by atoms with E-state index in [1.807, 2.05) is 0 Å². The van der Waals surface area contributed by atoms with E-state index in [1.165, 1.54) is 47.9 Å². The first-order valence-corrected chi connectivity index (χ1v) is 10.1. The third-order valence-electron chi connectivity index (χ3n) is 4.95. The molecule has 0 atom stereocenters. The van der Waals surface area contributed by atoms with Crippen LogP contribution in [-0.2, 0) is 12.8 Å². The van der Waals surface area contributed by atoms with Crippen LogP contribution in [0.4, 0.5) is 0 Å². The molecule has 0 saturated heterocycles. The maximum absolute atomic E-state index is 3.26. The van der Waals surface area contributed by atoms with Gasteiger partial charge in [-0.15, -0.1) is 0 Å². The molecule has 0 aliphatic carbocycles. The van der Waals surface area contributed by atoms with E-state index >= 15 is 0 Å². The Morgan fingerprint density at radius 3 is 1.56 bits per heavy atom. The Kier molecular flexibility index (Phi) is 6.89. The molecule has 0 nitrogen and oxygen atoms in total. The van der Waals surface area contributed by atoms with Gasteiger partial charge >= 0.3 is 0 Å². The fourth-order valence-electron chi connectivity index (χ4n) is 3.16. The molecule has 0 heterocycles. The summed E-state index contributed by atoms with van der Waals surface area (Å²) >= 11 is 0. The number of rotatable bonds is 6. The van der Waals surface area contributed by atoms with Gasteiger partial charge in [-0.2, -0.15) is 0 Å². The van der Waals surface area contributed by atoms with Gasteiger partial charge in [-0.25, -0.2) is 0 Å². The van der Waals surface area contributed by atoms with Crippen molar-refractivity contribution in [3.05, 3.63) is 95.1 Å². The first kappa shape index (κ1) is 19.0. The van der Waals surface area contributed by atoms with Gasteiger partial charge in [0.1, 0.15) is 0 Å². The van der Waals surface area contributed by atoms with E-state index in [0.717, 1.165) is 17.5 Å². The third kappa shape index (κ3) is 5.60. The van der Waals surface area contributed by atoms with E-state index in [0.29, 0.717) is 0 Å². The van der Waals surface area contributed by atoms with Crippen LogP contribution in [0.2, 0.25) is 0 Å². The zero-order valence-corrected chi connectivity index (χ0v) is 16.5. The van der Waals surface area contributed by atoms with Crippen LogP contribution < -0.4 is 0 Å². The van der Waals surface area contributed by atoms with E-state index in [2.05, 4.69) is 98.5 Å². The number of benzene rings is 3. The summed E-state index contributed by atoms with van der Waals surface area (Å²) in [6.07, 6.45) is 6.12. The second-order valence-corrected chi connectivity index (χ2v) is 7.03. The molecule has 0 saturated carbocycles. The summed E-state index contributed by atoms with van der Waals surface area (Å²) in [6.45, 7) is 4.42. The van der Waals surface area contributed by atoms with Crippen LogP contribution in [0, 0.1) is 11.8 Å². The molecule has 3 aromatic carbocycles. The second kappa shape index (κ2) is 9.79. The highest BCUT2D eigenvalue weighted by Crippen LogP contribution is 2.21. The molecule has 0 bridgehead atoms. The quantitative estimate of drug-likeness (QED) is 0.329. The summed E-state index contributed by atoms with van der Waals surface area (Å²) in [5, 5.41) is 0. The van der Waals surface area contributed by atoms with E-state index in [9.17, 15) is 0 Å². The molecule has 27 heavy (non-hydrogen) atoms. The zero-order chi connectivity index (χ0) is 18.9. The number of hydrogen-bond donors (Lipinski definition) is 0. The normalized spacial score (nSPS) is 10.3. The minimum absolute atomic E-state index is 1.05. The van der Waals surface area contributed by atoms with Gasteiger partial charge in [-0.1, -0.05) is 87.1 Å². The lowest BCUT2D eigenvalue weighted by Crippen LogP contribution is -1.86. The number of hydrogen-bond acceptors (Lipinski definition) is 0. The van der Waals surface area contributed by atoms with Crippen molar-refractivity contribution in [2.45, 2.75) is 46.0 Å². The maximum Gasteiger partial charge on any atom is 0.0249 e. The van der Waals surface area contributed by atoms with Crippen molar-refractivity contribution in [1.82, 2.24) is 0 Å². The van der Waals surface area contributed by atoms with Gasteiger partial charge in [0.05, 0.1) is 0 Å². The van der Waals surface area contributed by atoms with Crippen molar-refractivity contribution in [3.8, 4) is 23.0 Å². The van der Waals surface area contributed by atoms with Gasteiger partial charge < -0.3 is 0 Å². The van der Waals surface area contributed by atoms with Crippen molar-refractivity contribution in [1.29, 1.82) is 0 Å². The SMILES string of the molecule is CCCCCc1ccc(-c2ccc(C#Cc3ccc(CC)cc3)cc2)cc1. The fourth-order valence-corrected chi connectivity index (χ4v) is 3.16. The maximum atomic E-state index is 3.26. The van der Waals surface area contributed by atoms with Gasteiger partial charge in [0.15, 0.2) is 0 Å². The standard InChI is InChI=1S/C27H28/c1-3-5-6-7-23-14-18-26(19-15-23)27-20-16-25(17-21-27)13-12-24-10-8-22(4-2)9-11-24/h8-11,14-21H,3-7H2,1-2H3. The minimum atomic E-state index is 1.05. The van der Waals surface area contributed by atoms with Crippen molar-refractivity contribution in [2.75, 3.05) is 0 Å². The summed E-state index contributed by atoms with van der Waals surface area (Å²) in [6, 6.07) is 26.0. The lowest BCUT2D eigenvalue weighted by atomic mass is 10.0. The van der Waals surface area contributed by atoms with Crippen molar-refractivity contribution >= 4 is 0 Å². The molecular formula is C27H28. The monoisotopic (exact) mass is 352 g/mol. The summed E-state index contributed by atoms with van der Waals surface area (Å²) < 4.78 is 0. The Hall–Kier alpha value is -2.78. The molecule has 136 valence electrons. The molecule has 0 spiro atoms. The average Bonchev–Trinajstić information content (AvgIpc) is 2.74. The predicted octanol–water partition coefficient (Wildman–Crippen LogP) is 7.05. The molecule has 0 unspecified atom stereocenters. The van der Waals surface area contributed by atoms with Gasteiger partial charge in [-0.05, 0) is 65.8 Å². The van der Waals surface area contributed by atoms with Crippen LogP contribution in [0.3, 0.4) is 0 Å². The molecule has 3 rings (SSSR count). The molecule has 0 aliphatic rings. The van der Waals surface area contributed by atoms with Crippen LogP contribution in [0.1, 0.15) is 55.4 Å². The summed E-state index contributed by atoms with van der Waals surface area (Å²) in [5.74, 6) is 6.52. The smallest absolute Gasteiger partial charge is 0.0249 e. The fraction of sp³-hybridized carbons (Fsp3) is 0.259. The van der Waals surface area contributed by atoms with Gasteiger partial charge in [0.2, 0.25) is 0 Å². The van der Waals surface area contributed by atoms with Crippen LogP contribution in [0.15, 0.2) is 72.8 Å². The van der Waals surface area contributed by atoms with E-state index in [-0.39, 0.29) is 0 Å². The van der Waals surface area contributed by atoms with Gasteiger partial charge in [0.25, 0.3) is 0 Å². The average molecular weight is 353 g/mol. The van der Waals surface area contributed by atoms with Crippen LogP contribution in [0.5, 0.6) is 0 Å². The second-order valence-electron chi connectivity index (χ2n) is 7.03. The Labute approximate surface area is 164 Å². The highest BCUT2D eigenvalue weighted by Gasteiger charge is 1.99. The summed E-state index contributed by atoms with van der Waals surface area (Å²) in [4.78, 5) is 0. The Bertz CT molecular complexity index is 885. The third-order valence-corrected chi connectivity index (χ3v) is 4.95. The Morgan fingerprint density at radius 2 is 1.04 bits per heavy atom. The molecule has 0 amide bonds. The highest BCUT2D eigenvalue weighted by atomic mass is 14.0. The molecule has 0 N–H and O–H groups in total. The molecular weight excluding hydrogens is 324 g/mol. The van der Waals surface area contributed by atoms with Crippen LogP contribution >= 0.6 is 0 Å². The lowest BCUT2D eigenvalue weighted by Gasteiger charge is -2.05. The lowest BCUT2D eigenvalue weighted by molar-refractivity contribution is 0.717. The topological polar surface area (TPSA) is 0 Å². The van der Waals surface area contributed by atoms with Gasteiger partial charge in [0, 0.05) is 11.1 Å². The summed E-state index contributed by atoms with van der Waals surface area (Å²) in [5.41, 5.74) is 7.41. The molecule has 0 aromatic heterocycles. The first-order chi connectivity index (χ1) is 13.3. The Balaban J connectivity index is 1.65. The molecule has 0 fully saturated rings. The molecule has 0 radical (unpaired) electrons.